The molecule has 0 spiro atoms. The third-order valence-corrected chi connectivity index (χ3v) is 5.37. The third-order valence-electron chi connectivity index (χ3n) is 4.15. The highest BCUT2D eigenvalue weighted by atomic mass is 32.1. The number of aryl methyl sites for hydroxylation is 1. The van der Waals surface area contributed by atoms with E-state index < -0.39 is 6.10 Å². The van der Waals surface area contributed by atoms with E-state index in [1.165, 1.54) is 6.07 Å². The lowest BCUT2D eigenvalue weighted by Crippen LogP contribution is -2.22. The minimum Gasteiger partial charge on any atom is -0.387 e. The molecule has 5 heteroatoms. The van der Waals surface area contributed by atoms with E-state index in [-0.39, 0.29) is 11.9 Å². The third kappa shape index (κ3) is 2.68. The fourth-order valence-corrected chi connectivity index (χ4v) is 3.92. The molecule has 1 aromatic heterocycles. The van der Waals surface area contributed by atoms with Gasteiger partial charge in [0.1, 0.15) is 5.82 Å². The second kappa shape index (κ2) is 5.73. The van der Waals surface area contributed by atoms with E-state index in [9.17, 15) is 9.50 Å². The second-order valence-electron chi connectivity index (χ2n) is 5.52. The molecule has 0 radical (unpaired) electrons. The summed E-state index contributed by atoms with van der Waals surface area (Å²) >= 11 is 1.61. The number of thiazole rings is 1. The minimum atomic E-state index is -0.448. The summed E-state index contributed by atoms with van der Waals surface area (Å²) in [4.78, 5) is 7.72. The molecule has 2 aromatic rings. The monoisotopic (exact) mass is 306 g/mol. The zero-order valence-electron chi connectivity index (χ0n) is 12.2. The Labute approximate surface area is 128 Å². The van der Waals surface area contributed by atoms with Crippen LogP contribution in [0.4, 0.5) is 9.52 Å². The zero-order chi connectivity index (χ0) is 15.0. The summed E-state index contributed by atoms with van der Waals surface area (Å²) in [5, 5.41) is 10.9. The maximum atomic E-state index is 13.9. The average Bonchev–Trinajstić information content (AvgIpc) is 2.92. The standard InChI is InChI=1S/C16H19FN2OS/c1-10(11-6-3-4-7-12(11)17)19(2)16-18-15-13(20)8-5-9-14(15)21-16/h3-4,6-7,10,13,20H,5,8-9H2,1-2H3. The van der Waals surface area contributed by atoms with Gasteiger partial charge in [-0.3, -0.25) is 0 Å². The quantitative estimate of drug-likeness (QED) is 0.935. The van der Waals surface area contributed by atoms with Gasteiger partial charge in [-0.25, -0.2) is 9.37 Å². The number of hydrogen-bond donors (Lipinski definition) is 1. The van der Waals surface area contributed by atoms with Crippen molar-refractivity contribution in [1.29, 1.82) is 0 Å². The van der Waals surface area contributed by atoms with Crippen molar-refractivity contribution in [3.63, 3.8) is 0 Å². The van der Waals surface area contributed by atoms with Crippen molar-refractivity contribution in [3.8, 4) is 0 Å². The minimum absolute atomic E-state index is 0.101. The van der Waals surface area contributed by atoms with E-state index >= 15 is 0 Å². The van der Waals surface area contributed by atoms with Crippen molar-refractivity contribution in [3.05, 3.63) is 46.2 Å². The van der Waals surface area contributed by atoms with Crippen molar-refractivity contribution in [1.82, 2.24) is 4.98 Å². The Morgan fingerprint density at radius 2 is 2.19 bits per heavy atom. The van der Waals surface area contributed by atoms with Crippen LogP contribution in [0.2, 0.25) is 0 Å². The lowest BCUT2D eigenvalue weighted by atomic mass is 10.0. The van der Waals surface area contributed by atoms with Crippen molar-refractivity contribution < 1.29 is 9.50 Å². The van der Waals surface area contributed by atoms with E-state index in [2.05, 4.69) is 4.98 Å². The topological polar surface area (TPSA) is 36.4 Å². The Morgan fingerprint density at radius 3 is 2.90 bits per heavy atom. The van der Waals surface area contributed by atoms with Crippen molar-refractivity contribution in [2.75, 3.05) is 11.9 Å². The predicted molar refractivity (Wildman–Crippen MR) is 83.2 cm³/mol. The van der Waals surface area contributed by atoms with Crippen LogP contribution in [-0.2, 0) is 6.42 Å². The summed E-state index contributed by atoms with van der Waals surface area (Å²) in [6.07, 6.45) is 2.31. The summed E-state index contributed by atoms with van der Waals surface area (Å²) in [5.41, 5.74) is 1.47. The SMILES string of the molecule is CC(c1ccccc1F)N(C)c1nc2c(s1)CCCC2O. The number of anilines is 1. The van der Waals surface area contributed by atoms with Gasteiger partial charge in [-0.2, -0.15) is 0 Å². The number of hydrogen-bond acceptors (Lipinski definition) is 4. The lowest BCUT2D eigenvalue weighted by Gasteiger charge is -2.25. The Balaban J connectivity index is 1.88. The second-order valence-corrected chi connectivity index (χ2v) is 6.58. The van der Waals surface area contributed by atoms with Gasteiger partial charge in [0.2, 0.25) is 0 Å². The summed E-state index contributed by atoms with van der Waals surface area (Å²) in [6.45, 7) is 1.97. The molecular weight excluding hydrogens is 287 g/mol. The summed E-state index contributed by atoms with van der Waals surface area (Å²) in [6, 6.07) is 6.73. The smallest absolute Gasteiger partial charge is 0.186 e. The van der Waals surface area contributed by atoms with Crippen molar-refractivity contribution in [2.45, 2.75) is 38.3 Å². The number of halogens is 1. The van der Waals surface area contributed by atoms with Crippen molar-refractivity contribution >= 4 is 16.5 Å². The molecule has 0 amide bonds. The number of rotatable bonds is 3. The maximum Gasteiger partial charge on any atom is 0.186 e. The van der Waals surface area contributed by atoms with Gasteiger partial charge in [0.05, 0.1) is 17.8 Å². The molecule has 2 unspecified atom stereocenters. The van der Waals surface area contributed by atoms with Crippen LogP contribution >= 0.6 is 11.3 Å². The molecule has 1 aliphatic rings. The van der Waals surface area contributed by atoms with Crippen molar-refractivity contribution in [2.24, 2.45) is 0 Å². The first-order valence-corrected chi connectivity index (χ1v) is 8.04. The highest BCUT2D eigenvalue weighted by molar-refractivity contribution is 7.15. The van der Waals surface area contributed by atoms with Gasteiger partial charge >= 0.3 is 0 Å². The molecule has 0 saturated carbocycles. The Bertz CT molecular complexity index is 643. The van der Waals surface area contributed by atoms with Crippen LogP contribution in [0.1, 0.15) is 48.0 Å². The van der Waals surface area contributed by atoms with Crippen LogP contribution in [0.15, 0.2) is 24.3 Å². The van der Waals surface area contributed by atoms with E-state index in [4.69, 9.17) is 0 Å². The molecule has 0 aliphatic heterocycles. The Morgan fingerprint density at radius 1 is 1.43 bits per heavy atom. The molecule has 112 valence electrons. The number of aromatic nitrogens is 1. The largest absolute Gasteiger partial charge is 0.387 e. The molecule has 1 N–H and O–H groups in total. The molecule has 21 heavy (non-hydrogen) atoms. The number of fused-ring (bicyclic) bond motifs is 1. The van der Waals surface area contributed by atoms with Gasteiger partial charge in [-0.15, -0.1) is 11.3 Å². The van der Waals surface area contributed by atoms with Crippen LogP contribution in [0, 0.1) is 5.82 Å². The predicted octanol–water partition coefficient (Wildman–Crippen LogP) is 3.85. The first kappa shape index (κ1) is 14.5. The highest BCUT2D eigenvalue weighted by Crippen LogP contribution is 2.38. The summed E-state index contributed by atoms with van der Waals surface area (Å²) in [5.74, 6) is -0.196. The van der Waals surface area contributed by atoms with Crippen LogP contribution in [-0.4, -0.2) is 17.1 Å². The summed E-state index contributed by atoms with van der Waals surface area (Å²) in [7, 11) is 1.92. The zero-order valence-corrected chi connectivity index (χ0v) is 13.0. The van der Waals surface area contributed by atoms with Crippen LogP contribution in [0.25, 0.3) is 0 Å². The molecular formula is C16H19FN2OS. The number of benzene rings is 1. The highest BCUT2D eigenvalue weighted by Gasteiger charge is 2.26. The maximum absolute atomic E-state index is 13.9. The molecule has 1 aliphatic carbocycles. The molecule has 3 nitrogen and oxygen atoms in total. The van der Waals surface area contributed by atoms with E-state index in [0.29, 0.717) is 5.56 Å². The molecule has 2 atom stereocenters. The van der Waals surface area contributed by atoms with Crippen LogP contribution in [0.3, 0.4) is 0 Å². The first-order valence-electron chi connectivity index (χ1n) is 7.23. The fourth-order valence-electron chi connectivity index (χ4n) is 2.72. The fraction of sp³-hybridized carbons (Fsp3) is 0.438. The van der Waals surface area contributed by atoms with E-state index in [0.717, 1.165) is 35.0 Å². The van der Waals surface area contributed by atoms with Gasteiger partial charge in [0, 0.05) is 17.5 Å². The van der Waals surface area contributed by atoms with Gasteiger partial charge in [-0.1, -0.05) is 18.2 Å². The molecule has 3 rings (SSSR count). The van der Waals surface area contributed by atoms with Crippen LogP contribution in [0.5, 0.6) is 0 Å². The Kier molecular flexibility index (Phi) is 3.95. The first-order chi connectivity index (χ1) is 10.1. The number of aliphatic hydroxyl groups is 1. The average molecular weight is 306 g/mol. The number of nitrogens with zero attached hydrogens (tertiary/aromatic N) is 2. The molecule has 0 fully saturated rings. The van der Waals surface area contributed by atoms with E-state index in [1.54, 1.807) is 23.5 Å². The van der Waals surface area contributed by atoms with Gasteiger partial charge in [0.25, 0.3) is 0 Å². The van der Waals surface area contributed by atoms with E-state index in [1.807, 2.05) is 24.9 Å². The molecule has 1 aromatic carbocycles. The molecule has 0 saturated heterocycles. The summed E-state index contributed by atoms with van der Waals surface area (Å²) < 4.78 is 13.9. The van der Waals surface area contributed by atoms with Gasteiger partial charge in [-0.05, 0) is 32.3 Å². The molecule has 0 bridgehead atoms. The molecule has 1 heterocycles. The Hall–Kier alpha value is -1.46. The number of aliphatic hydroxyl groups excluding tert-OH is 1. The lowest BCUT2D eigenvalue weighted by molar-refractivity contribution is 0.153. The van der Waals surface area contributed by atoms with Gasteiger partial charge in [0.15, 0.2) is 5.13 Å². The normalized spacial score (nSPS) is 19.1. The van der Waals surface area contributed by atoms with Gasteiger partial charge < -0.3 is 10.0 Å². The van der Waals surface area contributed by atoms with Crippen LogP contribution < -0.4 is 4.90 Å².